The minimum Gasteiger partial charge on any atom is -0.298 e. The first-order valence-corrected chi connectivity index (χ1v) is 7.07. The van der Waals surface area contributed by atoms with Crippen molar-refractivity contribution in [3.8, 4) is 0 Å². The highest BCUT2D eigenvalue weighted by Crippen LogP contribution is 2.24. The summed E-state index contributed by atoms with van der Waals surface area (Å²) in [5, 5.41) is 8.18. The van der Waals surface area contributed by atoms with Crippen molar-refractivity contribution < 1.29 is 0 Å². The largest absolute Gasteiger partial charge is 0.298 e. The SMILES string of the molecule is CC1CN2CCCCC2CN1Cc1cccnn1. The van der Waals surface area contributed by atoms with Gasteiger partial charge >= 0.3 is 0 Å². The van der Waals surface area contributed by atoms with Crippen molar-refractivity contribution in [1.29, 1.82) is 0 Å². The lowest BCUT2D eigenvalue weighted by Gasteiger charge is -2.47. The number of piperidine rings is 1. The van der Waals surface area contributed by atoms with Gasteiger partial charge in [-0.1, -0.05) is 6.42 Å². The van der Waals surface area contributed by atoms with Gasteiger partial charge in [-0.2, -0.15) is 10.2 Å². The van der Waals surface area contributed by atoms with E-state index in [0.717, 1.165) is 18.3 Å². The van der Waals surface area contributed by atoms with Crippen molar-refractivity contribution in [2.24, 2.45) is 0 Å². The molecule has 2 unspecified atom stereocenters. The topological polar surface area (TPSA) is 32.3 Å². The molecule has 0 amide bonds. The van der Waals surface area contributed by atoms with Gasteiger partial charge in [-0.25, -0.2) is 0 Å². The number of hydrogen-bond acceptors (Lipinski definition) is 4. The van der Waals surface area contributed by atoms with Gasteiger partial charge in [0.1, 0.15) is 0 Å². The molecule has 0 radical (unpaired) electrons. The van der Waals surface area contributed by atoms with Gasteiger partial charge in [-0.3, -0.25) is 9.80 Å². The molecule has 1 aromatic heterocycles. The van der Waals surface area contributed by atoms with Crippen LogP contribution in [0.2, 0.25) is 0 Å². The molecule has 3 rings (SSSR count). The van der Waals surface area contributed by atoms with Gasteiger partial charge in [0.05, 0.1) is 5.69 Å². The van der Waals surface area contributed by atoms with Gasteiger partial charge in [0.15, 0.2) is 0 Å². The standard InChI is InChI=1S/C14H22N4/c1-12-9-17-8-3-2-6-14(17)11-18(12)10-13-5-4-7-15-16-13/h4-5,7,12,14H,2-3,6,8-11H2,1H3. The van der Waals surface area contributed by atoms with Crippen LogP contribution in [0.5, 0.6) is 0 Å². The minimum absolute atomic E-state index is 0.626. The molecule has 3 heterocycles. The van der Waals surface area contributed by atoms with E-state index < -0.39 is 0 Å². The number of rotatable bonds is 2. The van der Waals surface area contributed by atoms with E-state index in [-0.39, 0.29) is 0 Å². The van der Waals surface area contributed by atoms with Crippen LogP contribution in [0.4, 0.5) is 0 Å². The summed E-state index contributed by atoms with van der Waals surface area (Å²) in [4.78, 5) is 5.25. The lowest BCUT2D eigenvalue weighted by Crippen LogP contribution is -2.58. The molecule has 0 aromatic carbocycles. The zero-order valence-corrected chi connectivity index (χ0v) is 11.1. The predicted octanol–water partition coefficient (Wildman–Crippen LogP) is 1.54. The normalized spacial score (nSPS) is 30.1. The average Bonchev–Trinajstić information content (AvgIpc) is 2.41. The number of piperazine rings is 1. The first-order chi connectivity index (χ1) is 8.83. The molecule has 0 aliphatic carbocycles. The molecule has 4 heteroatoms. The number of aromatic nitrogens is 2. The van der Waals surface area contributed by atoms with Crippen LogP contribution in [0.1, 0.15) is 31.9 Å². The maximum absolute atomic E-state index is 4.21. The molecular formula is C14H22N4. The van der Waals surface area contributed by atoms with Crippen LogP contribution in [0, 0.1) is 0 Å². The minimum atomic E-state index is 0.626. The zero-order chi connectivity index (χ0) is 12.4. The summed E-state index contributed by atoms with van der Waals surface area (Å²) in [7, 11) is 0. The summed E-state index contributed by atoms with van der Waals surface area (Å²) >= 11 is 0. The number of fused-ring (bicyclic) bond motifs is 1. The van der Waals surface area contributed by atoms with E-state index in [4.69, 9.17) is 0 Å². The zero-order valence-electron chi connectivity index (χ0n) is 11.1. The van der Waals surface area contributed by atoms with E-state index in [1.165, 1.54) is 38.9 Å². The molecule has 2 aliphatic heterocycles. The second-order valence-corrected chi connectivity index (χ2v) is 5.64. The Morgan fingerprint density at radius 3 is 3.11 bits per heavy atom. The fraction of sp³-hybridized carbons (Fsp3) is 0.714. The Bertz CT molecular complexity index is 381. The van der Waals surface area contributed by atoms with Gasteiger partial charge in [0, 0.05) is 37.9 Å². The second kappa shape index (κ2) is 5.33. The smallest absolute Gasteiger partial charge is 0.0771 e. The molecular weight excluding hydrogens is 224 g/mol. The molecule has 0 saturated carbocycles. The van der Waals surface area contributed by atoms with Gasteiger partial charge < -0.3 is 0 Å². The van der Waals surface area contributed by atoms with Gasteiger partial charge in [0.25, 0.3) is 0 Å². The Balaban J connectivity index is 1.65. The lowest BCUT2D eigenvalue weighted by molar-refractivity contribution is 0.0104. The molecule has 0 spiro atoms. The van der Waals surface area contributed by atoms with Crippen molar-refractivity contribution in [3.63, 3.8) is 0 Å². The average molecular weight is 246 g/mol. The van der Waals surface area contributed by atoms with E-state index in [0.29, 0.717) is 6.04 Å². The third kappa shape index (κ3) is 2.54. The van der Waals surface area contributed by atoms with Crippen LogP contribution < -0.4 is 0 Å². The summed E-state index contributed by atoms with van der Waals surface area (Å²) in [5.74, 6) is 0. The van der Waals surface area contributed by atoms with Crippen LogP contribution in [0.25, 0.3) is 0 Å². The third-order valence-electron chi connectivity index (χ3n) is 4.31. The summed E-state index contributed by atoms with van der Waals surface area (Å²) in [6.07, 6.45) is 5.89. The third-order valence-corrected chi connectivity index (χ3v) is 4.31. The summed E-state index contributed by atoms with van der Waals surface area (Å²) < 4.78 is 0. The number of hydrogen-bond donors (Lipinski definition) is 0. The first kappa shape index (κ1) is 12.1. The van der Waals surface area contributed by atoms with E-state index in [9.17, 15) is 0 Å². The van der Waals surface area contributed by atoms with Crippen molar-refractivity contribution in [2.45, 2.75) is 44.8 Å². The highest BCUT2D eigenvalue weighted by Gasteiger charge is 2.32. The molecule has 4 nitrogen and oxygen atoms in total. The van der Waals surface area contributed by atoms with Crippen molar-refractivity contribution >= 4 is 0 Å². The van der Waals surface area contributed by atoms with Crippen LogP contribution in [0.15, 0.2) is 18.3 Å². The Morgan fingerprint density at radius 1 is 1.33 bits per heavy atom. The van der Waals surface area contributed by atoms with E-state index >= 15 is 0 Å². The quantitative estimate of drug-likeness (QED) is 0.792. The fourth-order valence-corrected chi connectivity index (χ4v) is 3.26. The molecule has 2 saturated heterocycles. The summed E-state index contributed by atoms with van der Waals surface area (Å²) in [6.45, 7) is 6.98. The maximum Gasteiger partial charge on any atom is 0.0771 e. The molecule has 0 N–H and O–H groups in total. The predicted molar refractivity (Wildman–Crippen MR) is 71.1 cm³/mol. The van der Waals surface area contributed by atoms with E-state index in [2.05, 4.69) is 33.0 Å². The molecule has 2 fully saturated rings. The van der Waals surface area contributed by atoms with Gasteiger partial charge in [-0.05, 0) is 38.4 Å². The molecule has 2 aliphatic rings. The number of nitrogens with zero attached hydrogens (tertiary/aromatic N) is 4. The van der Waals surface area contributed by atoms with E-state index in [1.807, 2.05) is 6.07 Å². The van der Waals surface area contributed by atoms with Crippen molar-refractivity contribution in [2.75, 3.05) is 19.6 Å². The monoisotopic (exact) mass is 246 g/mol. The molecule has 18 heavy (non-hydrogen) atoms. The van der Waals surface area contributed by atoms with Crippen LogP contribution in [-0.4, -0.2) is 51.7 Å². The van der Waals surface area contributed by atoms with E-state index in [1.54, 1.807) is 6.20 Å². The molecule has 2 atom stereocenters. The first-order valence-electron chi connectivity index (χ1n) is 7.07. The van der Waals surface area contributed by atoms with Crippen LogP contribution in [-0.2, 0) is 6.54 Å². The fourth-order valence-electron chi connectivity index (χ4n) is 3.26. The van der Waals surface area contributed by atoms with Crippen LogP contribution >= 0.6 is 0 Å². The highest BCUT2D eigenvalue weighted by molar-refractivity contribution is 5.00. The van der Waals surface area contributed by atoms with Gasteiger partial charge in [-0.15, -0.1) is 0 Å². The lowest BCUT2D eigenvalue weighted by atomic mass is 9.97. The molecule has 0 bridgehead atoms. The molecule has 1 aromatic rings. The Kier molecular flexibility index (Phi) is 3.57. The Morgan fingerprint density at radius 2 is 2.28 bits per heavy atom. The highest BCUT2D eigenvalue weighted by atomic mass is 15.3. The molecule has 98 valence electrons. The summed E-state index contributed by atoms with van der Waals surface area (Å²) in [6, 6.07) is 5.45. The second-order valence-electron chi connectivity index (χ2n) is 5.64. The Hall–Kier alpha value is -1.00. The van der Waals surface area contributed by atoms with Gasteiger partial charge in [0.2, 0.25) is 0 Å². The van der Waals surface area contributed by atoms with Crippen LogP contribution in [0.3, 0.4) is 0 Å². The maximum atomic E-state index is 4.21. The Labute approximate surface area is 109 Å². The van der Waals surface area contributed by atoms with Crippen molar-refractivity contribution in [1.82, 2.24) is 20.0 Å². The van der Waals surface area contributed by atoms with Crippen molar-refractivity contribution in [3.05, 3.63) is 24.0 Å². The summed E-state index contributed by atoms with van der Waals surface area (Å²) in [5.41, 5.74) is 1.09.